The predicted octanol–water partition coefficient (Wildman–Crippen LogP) is 4.87. The highest BCUT2D eigenvalue weighted by Crippen LogP contribution is 2.22. The van der Waals surface area contributed by atoms with Gasteiger partial charge in [-0.15, -0.1) is 0 Å². The monoisotopic (exact) mass is 350 g/mol. The number of hydrogen-bond acceptors (Lipinski definition) is 2. The minimum atomic E-state index is -0.228. The summed E-state index contributed by atoms with van der Waals surface area (Å²) in [6, 6.07) is 14.2. The largest absolute Gasteiger partial charge is 0.316 e. The van der Waals surface area contributed by atoms with Crippen LogP contribution in [0.15, 0.2) is 53.5 Å². The fourth-order valence-corrected chi connectivity index (χ4v) is 3.85. The van der Waals surface area contributed by atoms with E-state index in [9.17, 15) is 4.79 Å². The van der Waals surface area contributed by atoms with Crippen LogP contribution >= 0.6 is 11.3 Å². The van der Waals surface area contributed by atoms with E-state index in [0.717, 1.165) is 28.8 Å². The molecule has 0 radical (unpaired) electrons. The normalized spacial score (nSPS) is 12.4. The lowest BCUT2D eigenvalue weighted by Crippen LogP contribution is -2.16. The topological polar surface area (TPSA) is 34.4 Å². The summed E-state index contributed by atoms with van der Waals surface area (Å²) in [7, 11) is 0. The highest BCUT2D eigenvalue weighted by Gasteiger charge is 2.08. The second kappa shape index (κ2) is 7.62. The number of carbonyl (C=O) groups is 1. The van der Waals surface area contributed by atoms with Gasteiger partial charge in [0.15, 0.2) is 4.80 Å². The molecule has 0 aliphatic carbocycles. The Morgan fingerprint density at radius 2 is 1.88 bits per heavy atom. The van der Waals surface area contributed by atoms with Gasteiger partial charge < -0.3 is 4.57 Å². The summed E-state index contributed by atoms with van der Waals surface area (Å²) in [5.74, 6) is -0.228. The lowest BCUT2D eigenvalue weighted by atomic mass is 10.1. The minimum absolute atomic E-state index is 0.228. The Hall–Kier alpha value is -2.46. The van der Waals surface area contributed by atoms with E-state index in [1.54, 1.807) is 17.4 Å². The molecule has 0 bridgehead atoms. The van der Waals surface area contributed by atoms with Gasteiger partial charge in [0.1, 0.15) is 0 Å². The molecule has 0 spiro atoms. The Labute approximate surface area is 152 Å². The van der Waals surface area contributed by atoms with E-state index >= 15 is 0 Å². The first-order valence-electron chi connectivity index (χ1n) is 8.51. The summed E-state index contributed by atoms with van der Waals surface area (Å²) >= 11 is 1.58. The second-order valence-electron chi connectivity index (χ2n) is 6.13. The highest BCUT2D eigenvalue weighted by atomic mass is 32.1. The summed E-state index contributed by atoms with van der Waals surface area (Å²) in [6.45, 7) is 7.23. The van der Waals surface area contributed by atoms with Gasteiger partial charge in [-0.25, -0.2) is 0 Å². The van der Waals surface area contributed by atoms with Crippen LogP contribution in [0.4, 0.5) is 0 Å². The van der Waals surface area contributed by atoms with Crippen LogP contribution in [0.3, 0.4) is 0 Å². The molecule has 128 valence electrons. The first kappa shape index (κ1) is 17.4. The molecular formula is C21H22N2OS. The van der Waals surface area contributed by atoms with Crippen LogP contribution in [0.2, 0.25) is 0 Å². The number of fused-ring (bicyclic) bond motifs is 1. The summed E-state index contributed by atoms with van der Waals surface area (Å²) < 4.78 is 3.33. The Bertz CT molecular complexity index is 994. The molecule has 2 aromatic carbocycles. The molecule has 1 amide bonds. The third kappa shape index (κ3) is 3.97. The van der Waals surface area contributed by atoms with Gasteiger partial charge in [0.25, 0.3) is 5.91 Å². The van der Waals surface area contributed by atoms with Gasteiger partial charge in [-0.05, 0) is 55.2 Å². The van der Waals surface area contributed by atoms with Crippen molar-refractivity contribution >= 4 is 33.5 Å². The maximum Gasteiger partial charge on any atom is 0.272 e. The molecule has 0 aliphatic rings. The maximum atomic E-state index is 12.3. The van der Waals surface area contributed by atoms with Crippen molar-refractivity contribution in [1.82, 2.24) is 4.57 Å². The molecule has 3 nitrogen and oxygen atoms in total. The molecule has 1 aromatic heterocycles. The number of carbonyl (C=O) groups excluding carboxylic acids is 1. The molecule has 3 rings (SSSR count). The molecule has 4 heteroatoms. The lowest BCUT2D eigenvalue weighted by molar-refractivity contribution is -0.113. The predicted molar refractivity (Wildman–Crippen MR) is 106 cm³/mol. The molecule has 0 saturated carbocycles. The van der Waals surface area contributed by atoms with Crippen molar-refractivity contribution in [3.63, 3.8) is 0 Å². The highest BCUT2D eigenvalue weighted by molar-refractivity contribution is 7.16. The summed E-state index contributed by atoms with van der Waals surface area (Å²) in [4.78, 5) is 17.4. The molecule has 0 aliphatic heterocycles. The van der Waals surface area contributed by atoms with Gasteiger partial charge >= 0.3 is 0 Å². The van der Waals surface area contributed by atoms with Crippen molar-refractivity contribution < 1.29 is 4.79 Å². The van der Waals surface area contributed by atoms with E-state index in [0.29, 0.717) is 0 Å². The zero-order valence-electron chi connectivity index (χ0n) is 14.8. The van der Waals surface area contributed by atoms with Gasteiger partial charge in [0.2, 0.25) is 0 Å². The number of amides is 1. The zero-order valence-corrected chi connectivity index (χ0v) is 15.6. The molecule has 0 N–H and O–H groups in total. The molecule has 0 saturated heterocycles. The second-order valence-corrected chi connectivity index (χ2v) is 7.14. The van der Waals surface area contributed by atoms with Crippen LogP contribution in [0.25, 0.3) is 16.3 Å². The zero-order chi connectivity index (χ0) is 17.8. The van der Waals surface area contributed by atoms with Gasteiger partial charge in [-0.1, -0.05) is 48.6 Å². The summed E-state index contributed by atoms with van der Waals surface area (Å²) in [5, 5.41) is 0. The molecular weight excluding hydrogens is 328 g/mol. The molecule has 3 aromatic rings. The van der Waals surface area contributed by atoms with E-state index in [4.69, 9.17) is 0 Å². The fourth-order valence-electron chi connectivity index (χ4n) is 2.71. The number of hydrogen-bond donors (Lipinski definition) is 0. The van der Waals surface area contributed by atoms with Crippen molar-refractivity contribution in [1.29, 1.82) is 0 Å². The van der Waals surface area contributed by atoms with Crippen LogP contribution < -0.4 is 4.80 Å². The van der Waals surface area contributed by atoms with E-state index in [1.165, 1.54) is 21.9 Å². The minimum Gasteiger partial charge on any atom is -0.316 e. The standard InChI is InChI=1S/C21H22N2OS/c1-4-12-23-18-13-15(2)16(3)14-19(18)25-21(23)22-20(24)11-10-17-8-6-5-7-9-17/h5-11,13-14H,4,12H2,1-3H3/b11-10+,22-21?. The fraction of sp³-hybridized carbons (Fsp3) is 0.238. The lowest BCUT2D eigenvalue weighted by Gasteiger charge is -2.04. The van der Waals surface area contributed by atoms with Gasteiger partial charge in [-0.3, -0.25) is 4.79 Å². The van der Waals surface area contributed by atoms with Gasteiger partial charge in [0.05, 0.1) is 10.2 Å². The Morgan fingerprint density at radius 1 is 1.16 bits per heavy atom. The maximum absolute atomic E-state index is 12.3. The Morgan fingerprint density at radius 3 is 2.60 bits per heavy atom. The van der Waals surface area contributed by atoms with Crippen LogP contribution in [0, 0.1) is 13.8 Å². The van der Waals surface area contributed by atoms with E-state index in [1.807, 2.05) is 30.3 Å². The van der Waals surface area contributed by atoms with Crippen molar-refractivity contribution in [2.24, 2.45) is 4.99 Å². The number of thiazole rings is 1. The van der Waals surface area contributed by atoms with Gasteiger partial charge in [-0.2, -0.15) is 4.99 Å². The quantitative estimate of drug-likeness (QED) is 0.618. The third-order valence-corrected chi connectivity index (χ3v) is 5.21. The van der Waals surface area contributed by atoms with Crippen LogP contribution in [0.5, 0.6) is 0 Å². The molecule has 0 fully saturated rings. The number of nitrogens with zero attached hydrogens (tertiary/aromatic N) is 2. The molecule has 0 atom stereocenters. The average molecular weight is 350 g/mol. The van der Waals surface area contributed by atoms with Crippen LogP contribution in [-0.4, -0.2) is 10.5 Å². The number of rotatable bonds is 4. The number of aryl methyl sites for hydroxylation is 3. The molecule has 1 heterocycles. The summed E-state index contributed by atoms with van der Waals surface area (Å²) in [5.41, 5.74) is 4.68. The van der Waals surface area contributed by atoms with Crippen molar-refractivity contribution in [2.45, 2.75) is 33.7 Å². The van der Waals surface area contributed by atoms with E-state index in [2.05, 4.69) is 42.5 Å². The van der Waals surface area contributed by atoms with Crippen molar-refractivity contribution in [3.8, 4) is 0 Å². The Balaban J connectivity index is 2.01. The van der Waals surface area contributed by atoms with E-state index in [-0.39, 0.29) is 5.91 Å². The Kier molecular flexibility index (Phi) is 5.29. The smallest absolute Gasteiger partial charge is 0.272 e. The van der Waals surface area contributed by atoms with Crippen molar-refractivity contribution in [2.75, 3.05) is 0 Å². The molecule has 0 unspecified atom stereocenters. The first-order valence-corrected chi connectivity index (χ1v) is 9.32. The first-order chi connectivity index (χ1) is 12.1. The van der Waals surface area contributed by atoms with E-state index < -0.39 is 0 Å². The van der Waals surface area contributed by atoms with Gasteiger partial charge in [0, 0.05) is 12.6 Å². The summed E-state index contributed by atoms with van der Waals surface area (Å²) in [6.07, 6.45) is 4.34. The van der Waals surface area contributed by atoms with Crippen molar-refractivity contribution in [3.05, 3.63) is 70.0 Å². The molecule has 25 heavy (non-hydrogen) atoms. The van der Waals surface area contributed by atoms with Crippen LogP contribution in [0.1, 0.15) is 30.0 Å². The average Bonchev–Trinajstić information content (AvgIpc) is 2.91. The van der Waals surface area contributed by atoms with Crippen LogP contribution in [-0.2, 0) is 11.3 Å². The number of aromatic nitrogens is 1. The number of benzene rings is 2. The third-order valence-electron chi connectivity index (χ3n) is 4.17. The SMILES string of the molecule is CCCn1c(=NC(=O)/C=C/c2ccccc2)sc2cc(C)c(C)cc21.